The number of hydrogen-bond acceptors (Lipinski definition) is 4. The van der Waals surface area contributed by atoms with Crippen molar-refractivity contribution in [1.29, 1.82) is 0 Å². The van der Waals surface area contributed by atoms with Crippen molar-refractivity contribution in [2.24, 2.45) is 0 Å². The van der Waals surface area contributed by atoms with Crippen LogP contribution in [0.3, 0.4) is 0 Å². The number of aromatic nitrogens is 2. The number of benzene rings is 1. The van der Waals surface area contributed by atoms with Crippen molar-refractivity contribution in [1.82, 2.24) is 9.97 Å². The van der Waals surface area contributed by atoms with Gasteiger partial charge in [-0.25, -0.2) is 8.78 Å². The van der Waals surface area contributed by atoms with E-state index in [1.165, 1.54) is 29.5 Å². The number of aryl methyl sites for hydroxylation is 1. The van der Waals surface area contributed by atoms with Crippen LogP contribution < -0.4 is 4.90 Å². The highest BCUT2D eigenvalue weighted by Gasteiger charge is 2.25. The predicted molar refractivity (Wildman–Crippen MR) is 100 cm³/mol. The van der Waals surface area contributed by atoms with Gasteiger partial charge in [0.05, 0.1) is 16.1 Å². The summed E-state index contributed by atoms with van der Waals surface area (Å²) in [6.07, 6.45) is 2.35. The number of hydrogen-bond donors (Lipinski definition) is 1. The van der Waals surface area contributed by atoms with E-state index in [0.29, 0.717) is 16.6 Å². The van der Waals surface area contributed by atoms with Crippen LogP contribution in [0.25, 0.3) is 11.3 Å². The molecule has 0 aliphatic carbocycles. The second kappa shape index (κ2) is 6.68. The maximum atomic E-state index is 14.1. The molecule has 1 atom stereocenters. The largest absolute Gasteiger partial charge is 0.610 e. The number of thiazole rings is 1. The summed E-state index contributed by atoms with van der Waals surface area (Å²) in [6.45, 7) is 3.31. The molecule has 3 heterocycles. The number of halogens is 2. The normalized spacial score (nSPS) is 15.2. The second-order valence-electron chi connectivity index (χ2n) is 6.27. The standard InChI is InChI=1S/C18H17F2N3OS2/c1-10-17(22-18(25-10)26(2)24)23-7-6-14-11(9-23)8-15(21-14)16-12(19)4-3-5-13(16)20/h3-5,8,21H,6-7,9H2,1-2H3. The predicted octanol–water partition coefficient (Wildman–Crippen LogP) is 4.02. The fourth-order valence-electron chi connectivity index (χ4n) is 3.29. The van der Waals surface area contributed by atoms with Gasteiger partial charge in [0.2, 0.25) is 0 Å². The molecule has 0 saturated heterocycles. The smallest absolute Gasteiger partial charge is 0.303 e. The van der Waals surface area contributed by atoms with E-state index in [1.54, 1.807) is 6.26 Å². The van der Waals surface area contributed by atoms with Gasteiger partial charge in [-0.15, -0.1) is 0 Å². The van der Waals surface area contributed by atoms with E-state index in [2.05, 4.69) is 14.9 Å². The molecule has 1 aliphatic heterocycles. The van der Waals surface area contributed by atoms with Crippen LogP contribution in [0.2, 0.25) is 0 Å². The minimum atomic E-state index is -1.10. The Morgan fingerprint density at radius 3 is 2.69 bits per heavy atom. The molecule has 1 unspecified atom stereocenters. The van der Waals surface area contributed by atoms with Gasteiger partial charge in [0.15, 0.2) is 0 Å². The lowest BCUT2D eigenvalue weighted by Crippen LogP contribution is -2.30. The number of fused-ring (bicyclic) bond motifs is 1. The van der Waals surface area contributed by atoms with Crippen molar-refractivity contribution in [2.75, 3.05) is 17.7 Å². The fourth-order valence-corrected chi connectivity index (χ4v) is 5.01. The Kier molecular flexibility index (Phi) is 4.50. The van der Waals surface area contributed by atoms with Gasteiger partial charge in [-0.3, -0.25) is 0 Å². The highest BCUT2D eigenvalue weighted by atomic mass is 32.2. The Bertz CT molecular complexity index is 947. The topological polar surface area (TPSA) is 55.0 Å². The quantitative estimate of drug-likeness (QED) is 0.684. The molecule has 4 rings (SSSR count). The zero-order valence-electron chi connectivity index (χ0n) is 14.3. The van der Waals surface area contributed by atoms with Gasteiger partial charge in [-0.2, -0.15) is 4.98 Å². The number of nitrogens with zero attached hydrogens (tertiary/aromatic N) is 2. The Hall–Kier alpha value is -1.90. The van der Waals surface area contributed by atoms with E-state index in [0.717, 1.165) is 34.9 Å². The highest BCUT2D eigenvalue weighted by molar-refractivity contribution is 7.92. The number of aromatic amines is 1. The molecule has 0 spiro atoms. The molecule has 3 aromatic rings. The van der Waals surface area contributed by atoms with E-state index < -0.39 is 22.8 Å². The molecular weight excluding hydrogens is 376 g/mol. The maximum absolute atomic E-state index is 14.1. The maximum Gasteiger partial charge on any atom is 0.303 e. The molecule has 0 amide bonds. The van der Waals surface area contributed by atoms with Crippen molar-refractivity contribution < 1.29 is 13.3 Å². The fraction of sp³-hybridized carbons (Fsp3) is 0.278. The number of anilines is 1. The van der Waals surface area contributed by atoms with Gasteiger partial charge < -0.3 is 14.4 Å². The summed E-state index contributed by atoms with van der Waals surface area (Å²) in [6, 6.07) is 5.69. The van der Waals surface area contributed by atoms with Crippen LogP contribution in [0.4, 0.5) is 14.6 Å². The molecular formula is C18H17F2N3OS2. The van der Waals surface area contributed by atoms with Crippen LogP contribution in [0.15, 0.2) is 28.6 Å². The summed E-state index contributed by atoms with van der Waals surface area (Å²) >= 11 is 0.341. The molecule has 0 radical (unpaired) electrons. The Morgan fingerprint density at radius 2 is 2.04 bits per heavy atom. The molecule has 8 heteroatoms. The lowest BCUT2D eigenvalue weighted by molar-refractivity contribution is 0.588. The lowest BCUT2D eigenvalue weighted by Gasteiger charge is -2.27. The van der Waals surface area contributed by atoms with E-state index in [9.17, 15) is 13.3 Å². The summed E-state index contributed by atoms with van der Waals surface area (Å²) in [5, 5.41) is 0. The first-order valence-corrected chi connectivity index (χ1v) is 10.5. The van der Waals surface area contributed by atoms with Crippen LogP contribution in [0.1, 0.15) is 16.1 Å². The SMILES string of the molecule is Cc1sc([S+](C)[O-])nc1N1CCc2[nH]c(-c3c(F)cccc3F)cc2C1. The second-order valence-corrected chi connectivity index (χ2v) is 9.03. The molecule has 26 heavy (non-hydrogen) atoms. The molecule has 1 aliphatic rings. The molecule has 1 N–H and O–H groups in total. The molecule has 2 aromatic heterocycles. The van der Waals surface area contributed by atoms with Crippen molar-refractivity contribution >= 4 is 28.3 Å². The molecule has 0 bridgehead atoms. The zero-order chi connectivity index (χ0) is 18.4. The highest BCUT2D eigenvalue weighted by Crippen LogP contribution is 2.34. The van der Waals surface area contributed by atoms with E-state index in [4.69, 9.17) is 0 Å². The van der Waals surface area contributed by atoms with Gasteiger partial charge in [-0.1, -0.05) is 17.4 Å². The lowest BCUT2D eigenvalue weighted by atomic mass is 10.1. The van der Waals surface area contributed by atoms with Crippen molar-refractivity contribution in [3.05, 3.63) is 52.0 Å². The van der Waals surface area contributed by atoms with Gasteiger partial charge in [0, 0.05) is 36.4 Å². The molecule has 136 valence electrons. The van der Waals surface area contributed by atoms with Crippen LogP contribution in [0, 0.1) is 18.6 Å². The number of rotatable bonds is 3. The van der Waals surface area contributed by atoms with E-state index in [-0.39, 0.29) is 5.56 Å². The monoisotopic (exact) mass is 393 g/mol. The number of H-pyrrole nitrogens is 1. The van der Waals surface area contributed by atoms with Crippen LogP contribution in [0.5, 0.6) is 0 Å². The average molecular weight is 393 g/mol. The number of nitrogens with one attached hydrogen (secondary N) is 1. The summed E-state index contributed by atoms with van der Waals surface area (Å²) in [5.74, 6) is -0.317. The van der Waals surface area contributed by atoms with Gasteiger partial charge in [0.1, 0.15) is 23.7 Å². The molecule has 0 fully saturated rings. The minimum absolute atomic E-state index is 0.0260. The Balaban J connectivity index is 1.65. The van der Waals surface area contributed by atoms with E-state index >= 15 is 0 Å². The van der Waals surface area contributed by atoms with Crippen molar-refractivity contribution in [3.63, 3.8) is 0 Å². The van der Waals surface area contributed by atoms with Crippen LogP contribution in [-0.4, -0.2) is 27.3 Å². The summed E-state index contributed by atoms with van der Waals surface area (Å²) < 4.78 is 40.4. The third-order valence-electron chi connectivity index (χ3n) is 4.51. The minimum Gasteiger partial charge on any atom is -0.610 e. The summed E-state index contributed by atoms with van der Waals surface area (Å²) in [7, 11) is 0. The zero-order valence-corrected chi connectivity index (χ0v) is 15.9. The summed E-state index contributed by atoms with van der Waals surface area (Å²) in [4.78, 5) is 10.8. The van der Waals surface area contributed by atoms with E-state index in [1.807, 2.05) is 13.0 Å². The molecule has 4 nitrogen and oxygen atoms in total. The first-order valence-electron chi connectivity index (χ1n) is 8.15. The average Bonchev–Trinajstić information content (AvgIpc) is 3.17. The third-order valence-corrected chi connectivity index (χ3v) is 6.81. The Labute approximate surface area is 157 Å². The first-order chi connectivity index (χ1) is 12.4. The first kappa shape index (κ1) is 17.5. The van der Waals surface area contributed by atoms with Crippen LogP contribution in [-0.2, 0) is 24.1 Å². The van der Waals surface area contributed by atoms with Gasteiger partial charge in [0.25, 0.3) is 0 Å². The van der Waals surface area contributed by atoms with Crippen molar-refractivity contribution in [3.8, 4) is 11.3 Å². The Morgan fingerprint density at radius 1 is 1.31 bits per heavy atom. The van der Waals surface area contributed by atoms with Gasteiger partial charge >= 0.3 is 4.34 Å². The molecule has 0 saturated carbocycles. The van der Waals surface area contributed by atoms with Crippen molar-refractivity contribution in [2.45, 2.75) is 24.2 Å². The summed E-state index contributed by atoms with van der Waals surface area (Å²) in [5.41, 5.74) is 2.42. The van der Waals surface area contributed by atoms with Gasteiger partial charge in [-0.05, 0) is 30.7 Å². The third kappa shape index (κ3) is 3.02. The molecule has 1 aromatic carbocycles. The van der Waals surface area contributed by atoms with Crippen LogP contribution >= 0.6 is 11.3 Å².